The smallest absolute Gasteiger partial charge is 0.127 e. The third-order valence-corrected chi connectivity index (χ3v) is 3.32. The third kappa shape index (κ3) is 1.86. The number of rotatable bonds is 3. The molecule has 0 atom stereocenters. The molecule has 0 amide bonds. The van der Waals surface area contributed by atoms with Crippen molar-refractivity contribution in [1.82, 2.24) is 14.9 Å². The van der Waals surface area contributed by atoms with E-state index in [-0.39, 0.29) is 0 Å². The monoisotopic (exact) mass is 257 g/mol. The zero-order valence-electron chi connectivity index (χ0n) is 8.52. The molecule has 4 heteroatoms. The lowest BCUT2D eigenvalue weighted by Crippen LogP contribution is -2.19. The van der Waals surface area contributed by atoms with Crippen molar-refractivity contribution in [2.45, 2.75) is 39.3 Å². The summed E-state index contributed by atoms with van der Waals surface area (Å²) in [7, 11) is 0. The van der Waals surface area contributed by atoms with E-state index in [1.165, 1.54) is 30.8 Å². The van der Waals surface area contributed by atoms with E-state index in [1.54, 1.807) is 0 Å². The molecule has 3 nitrogen and oxygen atoms in total. The molecule has 0 fully saturated rings. The fourth-order valence-electron chi connectivity index (χ4n) is 1.94. The van der Waals surface area contributed by atoms with Crippen LogP contribution in [0.5, 0.6) is 0 Å². The van der Waals surface area contributed by atoms with Gasteiger partial charge < -0.3 is 9.88 Å². The van der Waals surface area contributed by atoms with E-state index in [4.69, 9.17) is 0 Å². The zero-order chi connectivity index (χ0) is 9.97. The number of aromatic nitrogens is 2. The quantitative estimate of drug-likeness (QED) is 0.899. The maximum Gasteiger partial charge on any atom is 0.127 e. The first-order valence-electron chi connectivity index (χ1n) is 5.27. The summed E-state index contributed by atoms with van der Waals surface area (Å²) in [5.41, 5.74) is 1.38. The first kappa shape index (κ1) is 10.2. The highest BCUT2D eigenvalue weighted by Gasteiger charge is 2.17. The third-order valence-electron chi connectivity index (χ3n) is 2.68. The lowest BCUT2D eigenvalue weighted by atomic mass is 10.1. The Balaban J connectivity index is 2.23. The van der Waals surface area contributed by atoms with Crippen LogP contribution in [-0.4, -0.2) is 16.1 Å². The van der Waals surface area contributed by atoms with Crippen LogP contribution < -0.4 is 5.32 Å². The number of hydrogen-bond acceptors (Lipinski definition) is 2. The lowest BCUT2D eigenvalue weighted by Gasteiger charge is -2.16. The molecule has 0 bridgehead atoms. The Labute approximate surface area is 93.0 Å². The van der Waals surface area contributed by atoms with Gasteiger partial charge in [0, 0.05) is 6.54 Å². The van der Waals surface area contributed by atoms with Crippen LogP contribution in [0.3, 0.4) is 0 Å². The average Bonchev–Trinajstić information content (AvgIpc) is 2.54. The fourth-order valence-corrected chi connectivity index (χ4v) is 2.56. The Morgan fingerprint density at radius 2 is 2.36 bits per heavy atom. The second-order valence-electron chi connectivity index (χ2n) is 3.65. The molecular formula is C10H16BrN3. The highest BCUT2D eigenvalue weighted by atomic mass is 79.9. The number of halogens is 1. The van der Waals surface area contributed by atoms with Crippen LogP contribution >= 0.6 is 15.9 Å². The first-order valence-corrected chi connectivity index (χ1v) is 6.06. The van der Waals surface area contributed by atoms with Crippen molar-refractivity contribution in [1.29, 1.82) is 0 Å². The van der Waals surface area contributed by atoms with Crippen molar-refractivity contribution in [2.24, 2.45) is 0 Å². The number of nitrogens with one attached hydrogen (secondary N) is 1. The van der Waals surface area contributed by atoms with Crippen LogP contribution in [0.25, 0.3) is 0 Å². The van der Waals surface area contributed by atoms with E-state index in [1.807, 2.05) is 0 Å². The van der Waals surface area contributed by atoms with Crippen molar-refractivity contribution in [3.8, 4) is 0 Å². The molecule has 2 heterocycles. The molecule has 1 aliphatic heterocycles. The molecule has 0 spiro atoms. The predicted molar refractivity (Wildman–Crippen MR) is 60.2 cm³/mol. The highest BCUT2D eigenvalue weighted by molar-refractivity contribution is 9.10. The molecule has 78 valence electrons. The second kappa shape index (κ2) is 4.45. The number of fused-ring (bicyclic) bond motifs is 1. The van der Waals surface area contributed by atoms with Gasteiger partial charge in [0.05, 0.1) is 12.2 Å². The molecule has 0 aromatic carbocycles. The number of imidazole rings is 1. The molecule has 1 aromatic heterocycles. The van der Waals surface area contributed by atoms with Gasteiger partial charge in [0.25, 0.3) is 0 Å². The maximum atomic E-state index is 4.55. The summed E-state index contributed by atoms with van der Waals surface area (Å²) in [6, 6.07) is 0. The lowest BCUT2D eigenvalue weighted by molar-refractivity contribution is 0.503. The summed E-state index contributed by atoms with van der Waals surface area (Å²) in [6.07, 6.45) is 3.75. The molecule has 1 aliphatic rings. The van der Waals surface area contributed by atoms with Gasteiger partial charge in [-0.3, -0.25) is 0 Å². The van der Waals surface area contributed by atoms with Crippen LogP contribution in [0, 0.1) is 0 Å². The molecule has 1 N–H and O–H groups in total. The second-order valence-corrected chi connectivity index (χ2v) is 4.41. The molecule has 14 heavy (non-hydrogen) atoms. The Morgan fingerprint density at radius 3 is 3.14 bits per heavy atom. The zero-order valence-corrected chi connectivity index (χ0v) is 10.1. The van der Waals surface area contributed by atoms with Crippen molar-refractivity contribution in [3.63, 3.8) is 0 Å². The fraction of sp³-hybridized carbons (Fsp3) is 0.700. The van der Waals surface area contributed by atoms with Crippen LogP contribution in [0.1, 0.15) is 31.3 Å². The van der Waals surface area contributed by atoms with Gasteiger partial charge in [-0.25, -0.2) is 4.98 Å². The van der Waals surface area contributed by atoms with Gasteiger partial charge in [0.15, 0.2) is 0 Å². The van der Waals surface area contributed by atoms with E-state index in [0.717, 1.165) is 24.2 Å². The summed E-state index contributed by atoms with van der Waals surface area (Å²) in [4.78, 5) is 4.55. The normalized spacial score (nSPS) is 15.6. The molecule has 0 saturated carbocycles. The van der Waals surface area contributed by atoms with Crippen LogP contribution in [-0.2, 0) is 19.5 Å². The van der Waals surface area contributed by atoms with E-state index in [0.29, 0.717) is 0 Å². The molecule has 1 aromatic rings. The summed E-state index contributed by atoms with van der Waals surface area (Å²) in [5.74, 6) is 1.17. The number of hydrogen-bond donors (Lipinski definition) is 1. The summed E-state index contributed by atoms with van der Waals surface area (Å²) < 4.78 is 3.40. The van der Waals surface area contributed by atoms with E-state index < -0.39 is 0 Å². The molecule has 2 rings (SSSR count). The van der Waals surface area contributed by atoms with Gasteiger partial charge in [-0.2, -0.15) is 0 Å². The van der Waals surface area contributed by atoms with Crippen LogP contribution in [0.15, 0.2) is 4.60 Å². The van der Waals surface area contributed by atoms with Gasteiger partial charge in [-0.15, -0.1) is 0 Å². The van der Waals surface area contributed by atoms with E-state index in [2.05, 4.69) is 37.7 Å². The Kier molecular flexibility index (Phi) is 3.23. The molecule has 0 saturated heterocycles. The summed E-state index contributed by atoms with van der Waals surface area (Å²) >= 11 is 3.54. The SMILES string of the molecule is CCNCc1nc(Br)c2n1CCCC2. The Bertz CT molecular complexity index is 319. The average molecular weight is 258 g/mol. The minimum absolute atomic E-state index is 0.884. The summed E-state index contributed by atoms with van der Waals surface area (Å²) in [5, 5.41) is 3.32. The van der Waals surface area contributed by atoms with Crippen molar-refractivity contribution in [3.05, 3.63) is 16.1 Å². The minimum atomic E-state index is 0.884. The van der Waals surface area contributed by atoms with E-state index in [9.17, 15) is 0 Å². The van der Waals surface area contributed by atoms with Gasteiger partial charge >= 0.3 is 0 Å². The van der Waals surface area contributed by atoms with E-state index >= 15 is 0 Å². The van der Waals surface area contributed by atoms with Gasteiger partial charge in [0.1, 0.15) is 10.4 Å². The standard InChI is InChI=1S/C10H16BrN3/c1-2-12-7-9-13-10(11)8-5-3-4-6-14(8)9/h12H,2-7H2,1H3. The minimum Gasteiger partial charge on any atom is -0.330 e. The Morgan fingerprint density at radius 1 is 1.50 bits per heavy atom. The van der Waals surface area contributed by atoms with Crippen molar-refractivity contribution < 1.29 is 0 Å². The highest BCUT2D eigenvalue weighted by Crippen LogP contribution is 2.24. The molecule has 0 aliphatic carbocycles. The summed E-state index contributed by atoms with van der Waals surface area (Å²) in [6.45, 7) is 5.14. The first-order chi connectivity index (χ1) is 6.83. The van der Waals surface area contributed by atoms with Gasteiger partial charge in [-0.05, 0) is 41.7 Å². The Hall–Kier alpha value is -0.350. The van der Waals surface area contributed by atoms with Crippen molar-refractivity contribution >= 4 is 15.9 Å². The number of nitrogens with zero attached hydrogens (tertiary/aromatic N) is 2. The van der Waals surface area contributed by atoms with Gasteiger partial charge in [0.2, 0.25) is 0 Å². The van der Waals surface area contributed by atoms with Crippen LogP contribution in [0.4, 0.5) is 0 Å². The molecular weight excluding hydrogens is 242 g/mol. The van der Waals surface area contributed by atoms with Gasteiger partial charge in [-0.1, -0.05) is 6.92 Å². The van der Waals surface area contributed by atoms with Crippen molar-refractivity contribution in [2.75, 3.05) is 6.54 Å². The molecule has 0 unspecified atom stereocenters. The molecule has 0 radical (unpaired) electrons. The maximum absolute atomic E-state index is 4.55. The largest absolute Gasteiger partial charge is 0.330 e. The van der Waals surface area contributed by atoms with Crippen LogP contribution in [0.2, 0.25) is 0 Å². The predicted octanol–water partition coefficient (Wildman–Crippen LogP) is 2.09. The topological polar surface area (TPSA) is 29.9 Å².